The fourth-order valence-electron chi connectivity index (χ4n) is 2.84. The molecule has 20 heavy (non-hydrogen) atoms. The van der Waals surface area contributed by atoms with Crippen LogP contribution in [0, 0.1) is 5.92 Å². The Morgan fingerprint density at radius 3 is 2.65 bits per heavy atom. The second-order valence-electron chi connectivity index (χ2n) is 5.43. The molecule has 0 aromatic carbocycles. The first-order valence-electron chi connectivity index (χ1n) is 7.18. The molecular formula is C14H23N3O2S. The van der Waals surface area contributed by atoms with E-state index in [2.05, 4.69) is 15.0 Å². The Bertz CT molecular complexity index is 539. The van der Waals surface area contributed by atoms with Crippen molar-refractivity contribution < 1.29 is 8.42 Å². The van der Waals surface area contributed by atoms with Crippen molar-refractivity contribution in [3.63, 3.8) is 0 Å². The third-order valence-corrected chi connectivity index (χ3v) is 5.63. The quantitative estimate of drug-likeness (QED) is 0.875. The van der Waals surface area contributed by atoms with Gasteiger partial charge in [0.2, 0.25) is 10.0 Å². The average molecular weight is 297 g/mol. The fourth-order valence-corrected chi connectivity index (χ4v) is 4.31. The van der Waals surface area contributed by atoms with Gasteiger partial charge in [0, 0.05) is 25.5 Å². The Hall–Kier alpha value is -1.14. The van der Waals surface area contributed by atoms with Gasteiger partial charge in [0.1, 0.15) is 4.90 Å². The lowest BCUT2D eigenvalue weighted by atomic mass is 9.85. The predicted molar refractivity (Wildman–Crippen MR) is 80.1 cm³/mol. The van der Waals surface area contributed by atoms with Crippen molar-refractivity contribution in [1.82, 2.24) is 9.71 Å². The van der Waals surface area contributed by atoms with Crippen LogP contribution in [0.15, 0.2) is 23.4 Å². The number of nitrogens with one attached hydrogen (secondary N) is 2. The molecule has 0 saturated heterocycles. The highest BCUT2D eigenvalue weighted by Crippen LogP contribution is 2.27. The molecule has 5 nitrogen and oxygen atoms in total. The lowest BCUT2D eigenvalue weighted by Crippen LogP contribution is -2.39. The van der Waals surface area contributed by atoms with Crippen LogP contribution in [0.3, 0.4) is 0 Å². The smallest absolute Gasteiger partial charge is 0.244 e. The molecule has 1 aliphatic carbocycles. The Kier molecular flexibility index (Phi) is 4.99. The van der Waals surface area contributed by atoms with E-state index in [0.29, 0.717) is 11.6 Å². The van der Waals surface area contributed by atoms with Crippen molar-refractivity contribution in [3.05, 3.63) is 18.5 Å². The van der Waals surface area contributed by atoms with Crippen LogP contribution in [0.1, 0.15) is 39.0 Å². The van der Waals surface area contributed by atoms with Crippen molar-refractivity contribution in [2.75, 3.05) is 12.4 Å². The minimum atomic E-state index is -3.53. The van der Waals surface area contributed by atoms with Gasteiger partial charge in [-0.05, 0) is 31.7 Å². The van der Waals surface area contributed by atoms with Gasteiger partial charge in [0.15, 0.2) is 0 Å². The molecule has 1 unspecified atom stereocenters. The minimum Gasteiger partial charge on any atom is -0.387 e. The van der Waals surface area contributed by atoms with Gasteiger partial charge < -0.3 is 5.32 Å². The summed E-state index contributed by atoms with van der Waals surface area (Å²) in [4.78, 5) is 4.13. The summed E-state index contributed by atoms with van der Waals surface area (Å²) in [5.41, 5.74) is 0.573. The van der Waals surface area contributed by atoms with E-state index in [-0.39, 0.29) is 10.9 Å². The number of rotatable bonds is 5. The maximum atomic E-state index is 12.5. The van der Waals surface area contributed by atoms with Crippen LogP contribution in [0.4, 0.5) is 5.69 Å². The average Bonchev–Trinajstić information content (AvgIpc) is 2.47. The summed E-state index contributed by atoms with van der Waals surface area (Å²) in [7, 11) is -1.82. The van der Waals surface area contributed by atoms with Crippen LogP contribution >= 0.6 is 0 Å². The molecule has 1 heterocycles. The Morgan fingerprint density at radius 2 is 2.00 bits per heavy atom. The monoisotopic (exact) mass is 297 g/mol. The van der Waals surface area contributed by atoms with Crippen molar-refractivity contribution in [1.29, 1.82) is 0 Å². The summed E-state index contributed by atoms with van der Waals surface area (Å²) in [6.45, 7) is 1.96. The number of hydrogen-bond donors (Lipinski definition) is 2. The maximum Gasteiger partial charge on any atom is 0.244 e. The maximum absolute atomic E-state index is 12.5. The zero-order valence-electron chi connectivity index (χ0n) is 12.1. The molecule has 1 saturated carbocycles. The number of nitrogens with zero attached hydrogens (tertiary/aromatic N) is 1. The highest BCUT2D eigenvalue weighted by molar-refractivity contribution is 7.89. The van der Waals surface area contributed by atoms with E-state index in [4.69, 9.17) is 0 Å². The highest BCUT2D eigenvalue weighted by Gasteiger charge is 2.26. The van der Waals surface area contributed by atoms with E-state index >= 15 is 0 Å². The van der Waals surface area contributed by atoms with Gasteiger partial charge in [-0.2, -0.15) is 0 Å². The summed E-state index contributed by atoms with van der Waals surface area (Å²) in [6.07, 6.45) is 8.85. The van der Waals surface area contributed by atoms with E-state index in [1.807, 2.05) is 6.92 Å². The molecule has 1 aliphatic rings. The molecule has 0 radical (unpaired) electrons. The van der Waals surface area contributed by atoms with Gasteiger partial charge in [-0.15, -0.1) is 0 Å². The Labute approximate surface area is 121 Å². The zero-order chi connectivity index (χ0) is 14.6. The van der Waals surface area contributed by atoms with Crippen molar-refractivity contribution in [2.45, 2.75) is 50.0 Å². The molecule has 2 rings (SSSR count). The lowest BCUT2D eigenvalue weighted by Gasteiger charge is -2.28. The number of anilines is 1. The molecule has 6 heteroatoms. The SMILES string of the molecule is CNc1ccncc1S(=O)(=O)NC(C)C1CCCCC1. The normalized spacial score (nSPS) is 18.7. The van der Waals surface area contributed by atoms with Crippen LogP contribution in [-0.4, -0.2) is 26.5 Å². The van der Waals surface area contributed by atoms with Gasteiger partial charge in [0.25, 0.3) is 0 Å². The van der Waals surface area contributed by atoms with E-state index < -0.39 is 10.0 Å². The van der Waals surface area contributed by atoms with E-state index in [1.165, 1.54) is 25.5 Å². The first kappa shape index (κ1) is 15.3. The van der Waals surface area contributed by atoms with E-state index in [0.717, 1.165) is 12.8 Å². The molecule has 1 aromatic heterocycles. The molecular weight excluding hydrogens is 274 g/mol. The molecule has 1 fully saturated rings. The van der Waals surface area contributed by atoms with Crippen LogP contribution in [0.5, 0.6) is 0 Å². The molecule has 112 valence electrons. The molecule has 0 bridgehead atoms. The van der Waals surface area contributed by atoms with Gasteiger partial charge in [-0.3, -0.25) is 4.98 Å². The number of sulfonamides is 1. The summed E-state index contributed by atoms with van der Waals surface area (Å²) in [5, 5.41) is 2.90. The van der Waals surface area contributed by atoms with Crippen molar-refractivity contribution in [3.8, 4) is 0 Å². The minimum absolute atomic E-state index is 0.0368. The Morgan fingerprint density at radius 1 is 1.30 bits per heavy atom. The van der Waals surface area contributed by atoms with E-state index in [9.17, 15) is 8.42 Å². The third kappa shape index (κ3) is 3.49. The topological polar surface area (TPSA) is 71.1 Å². The van der Waals surface area contributed by atoms with Crippen molar-refractivity contribution >= 4 is 15.7 Å². The molecule has 2 N–H and O–H groups in total. The molecule has 0 spiro atoms. The third-order valence-electron chi connectivity index (χ3n) is 4.04. The van der Waals surface area contributed by atoms with Gasteiger partial charge >= 0.3 is 0 Å². The molecule has 1 aromatic rings. The Balaban J connectivity index is 2.14. The number of pyridine rings is 1. The zero-order valence-corrected chi connectivity index (χ0v) is 12.9. The van der Waals surface area contributed by atoms with Gasteiger partial charge in [-0.1, -0.05) is 19.3 Å². The molecule has 0 amide bonds. The summed E-state index contributed by atoms with van der Waals surface area (Å²) in [6, 6.07) is 1.63. The number of aromatic nitrogens is 1. The fraction of sp³-hybridized carbons (Fsp3) is 0.643. The van der Waals surface area contributed by atoms with Crippen LogP contribution in [0.25, 0.3) is 0 Å². The standard InChI is InChI=1S/C14H23N3O2S/c1-11(12-6-4-3-5-7-12)17-20(18,19)14-10-16-9-8-13(14)15-2/h8-12,17H,3-7H2,1-2H3,(H,15,16). The van der Waals surface area contributed by atoms with Crippen LogP contribution in [0.2, 0.25) is 0 Å². The largest absolute Gasteiger partial charge is 0.387 e. The second-order valence-corrected chi connectivity index (χ2v) is 7.11. The second kappa shape index (κ2) is 6.54. The highest BCUT2D eigenvalue weighted by atomic mass is 32.2. The predicted octanol–water partition coefficient (Wildman–Crippen LogP) is 2.37. The first-order valence-corrected chi connectivity index (χ1v) is 8.67. The van der Waals surface area contributed by atoms with Crippen LogP contribution in [-0.2, 0) is 10.0 Å². The molecule has 1 atom stereocenters. The van der Waals surface area contributed by atoms with Gasteiger partial charge in [0.05, 0.1) is 5.69 Å². The lowest BCUT2D eigenvalue weighted by molar-refractivity contribution is 0.303. The van der Waals surface area contributed by atoms with Crippen LogP contribution < -0.4 is 10.0 Å². The summed E-state index contributed by atoms with van der Waals surface area (Å²) in [5.74, 6) is 0.438. The van der Waals surface area contributed by atoms with Gasteiger partial charge in [-0.25, -0.2) is 13.1 Å². The summed E-state index contributed by atoms with van der Waals surface area (Å²) < 4.78 is 27.8. The summed E-state index contributed by atoms with van der Waals surface area (Å²) >= 11 is 0. The van der Waals surface area contributed by atoms with Crippen molar-refractivity contribution in [2.24, 2.45) is 5.92 Å². The first-order chi connectivity index (χ1) is 9.54. The number of hydrogen-bond acceptors (Lipinski definition) is 4. The molecule has 0 aliphatic heterocycles. The van der Waals surface area contributed by atoms with E-state index in [1.54, 1.807) is 19.3 Å².